The van der Waals surface area contributed by atoms with Crippen LogP contribution in [0.1, 0.15) is 49.8 Å². The summed E-state index contributed by atoms with van der Waals surface area (Å²) in [5, 5.41) is 0.832. The molecule has 0 fully saturated rings. The first-order valence-electron chi connectivity index (χ1n) is 6.56. The molecule has 0 saturated carbocycles. The average molecular weight is 267 g/mol. The quantitative estimate of drug-likeness (QED) is 0.646. The lowest BCUT2D eigenvalue weighted by atomic mass is 9.90. The summed E-state index contributed by atoms with van der Waals surface area (Å²) in [6.07, 6.45) is 5.29. The van der Waals surface area contributed by atoms with Gasteiger partial charge in [0, 0.05) is 10.6 Å². The van der Waals surface area contributed by atoms with Crippen LogP contribution in [0.2, 0.25) is 5.02 Å². The lowest BCUT2D eigenvalue weighted by Crippen LogP contribution is -2.05. The summed E-state index contributed by atoms with van der Waals surface area (Å²) < 4.78 is 5.82. The first kappa shape index (κ1) is 15.1. The Morgan fingerprint density at radius 1 is 1.39 bits per heavy atom. The Morgan fingerprint density at radius 3 is 2.61 bits per heavy atom. The molecule has 0 aliphatic rings. The van der Waals surface area contributed by atoms with E-state index < -0.39 is 0 Å². The van der Waals surface area contributed by atoms with Gasteiger partial charge in [0.25, 0.3) is 0 Å². The molecule has 1 aromatic rings. The third-order valence-corrected chi connectivity index (χ3v) is 3.61. The van der Waals surface area contributed by atoms with Crippen molar-refractivity contribution in [1.82, 2.24) is 0 Å². The fraction of sp³-hybridized carbons (Fsp3) is 0.500. The highest BCUT2D eigenvalue weighted by Crippen LogP contribution is 2.38. The maximum Gasteiger partial charge on any atom is 0.126 e. The number of aryl methyl sites for hydroxylation is 1. The highest BCUT2D eigenvalue weighted by atomic mass is 35.5. The minimum absolute atomic E-state index is 0.417. The molecule has 0 aliphatic heterocycles. The van der Waals surface area contributed by atoms with Gasteiger partial charge in [-0.3, -0.25) is 0 Å². The molecule has 0 aliphatic carbocycles. The van der Waals surface area contributed by atoms with Gasteiger partial charge in [0.05, 0.1) is 6.61 Å². The molecular weight excluding hydrogens is 244 g/mol. The second kappa shape index (κ2) is 6.84. The number of allylic oxidation sites excluding steroid dienone is 2. The highest BCUT2D eigenvalue weighted by Gasteiger charge is 2.18. The molecule has 0 bridgehead atoms. The van der Waals surface area contributed by atoms with E-state index in [2.05, 4.69) is 32.9 Å². The van der Waals surface area contributed by atoms with Crippen molar-refractivity contribution in [1.29, 1.82) is 0 Å². The molecule has 0 spiro atoms. The fourth-order valence-electron chi connectivity index (χ4n) is 2.26. The van der Waals surface area contributed by atoms with Crippen molar-refractivity contribution in [2.24, 2.45) is 0 Å². The van der Waals surface area contributed by atoms with E-state index in [1.54, 1.807) is 0 Å². The van der Waals surface area contributed by atoms with Gasteiger partial charge in [0.2, 0.25) is 0 Å². The van der Waals surface area contributed by atoms with Crippen molar-refractivity contribution in [2.45, 2.75) is 47.0 Å². The van der Waals surface area contributed by atoms with Gasteiger partial charge in [0.15, 0.2) is 0 Å². The zero-order valence-electron chi connectivity index (χ0n) is 12.0. The smallest absolute Gasteiger partial charge is 0.126 e. The molecule has 1 unspecified atom stereocenters. The molecule has 0 radical (unpaired) electrons. The van der Waals surface area contributed by atoms with Gasteiger partial charge in [-0.25, -0.2) is 0 Å². The Bertz CT molecular complexity index is 435. The monoisotopic (exact) mass is 266 g/mol. The van der Waals surface area contributed by atoms with Crippen LogP contribution in [0, 0.1) is 13.8 Å². The predicted octanol–water partition coefficient (Wildman–Crippen LogP) is 5.43. The van der Waals surface area contributed by atoms with Crippen LogP contribution in [0.4, 0.5) is 0 Å². The van der Waals surface area contributed by atoms with Crippen molar-refractivity contribution >= 4 is 11.6 Å². The maximum absolute atomic E-state index is 6.30. The van der Waals surface area contributed by atoms with Crippen LogP contribution in [0.25, 0.3) is 0 Å². The van der Waals surface area contributed by atoms with Crippen LogP contribution >= 0.6 is 11.6 Å². The predicted molar refractivity (Wildman–Crippen MR) is 79.9 cm³/mol. The van der Waals surface area contributed by atoms with Crippen molar-refractivity contribution in [3.8, 4) is 5.75 Å². The summed E-state index contributed by atoms with van der Waals surface area (Å²) >= 11 is 6.30. The van der Waals surface area contributed by atoms with E-state index in [9.17, 15) is 0 Å². The number of rotatable bonds is 5. The number of benzene rings is 1. The van der Waals surface area contributed by atoms with Gasteiger partial charge in [0.1, 0.15) is 5.75 Å². The lowest BCUT2D eigenvalue weighted by Gasteiger charge is -2.21. The number of hydrogen-bond acceptors (Lipinski definition) is 1. The molecule has 0 N–H and O–H groups in total. The molecule has 18 heavy (non-hydrogen) atoms. The van der Waals surface area contributed by atoms with E-state index in [1.165, 1.54) is 5.56 Å². The number of hydrogen-bond donors (Lipinski definition) is 0. The van der Waals surface area contributed by atoms with Crippen LogP contribution in [-0.4, -0.2) is 6.61 Å². The molecule has 1 aromatic carbocycles. The van der Waals surface area contributed by atoms with Crippen molar-refractivity contribution in [3.05, 3.63) is 39.9 Å². The van der Waals surface area contributed by atoms with Gasteiger partial charge < -0.3 is 4.74 Å². The third kappa shape index (κ3) is 3.29. The zero-order valence-corrected chi connectivity index (χ0v) is 12.8. The minimum atomic E-state index is 0.417. The van der Waals surface area contributed by atoms with Gasteiger partial charge in [-0.15, -0.1) is 0 Å². The van der Waals surface area contributed by atoms with E-state index in [1.807, 2.05) is 19.9 Å². The van der Waals surface area contributed by atoms with Crippen LogP contribution in [0.15, 0.2) is 18.2 Å². The van der Waals surface area contributed by atoms with Crippen molar-refractivity contribution < 1.29 is 4.74 Å². The summed E-state index contributed by atoms with van der Waals surface area (Å²) in [4.78, 5) is 0. The summed E-state index contributed by atoms with van der Waals surface area (Å²) in [5.74, 6) is 1.43. The molecule has 0 amide bonds. The van der Waals surface area contributed by atoms with E-state index >= 15 is 0 Å². The normalized spacial score (nSPS) is 13.0. The molecule has 0 saturated heterocycles. The Kier molecular flexibility index (Phi) is 5.74. The zero-order chi connectivity index (χ0) is 13.7. The molecule has 1 atom stereocenters. The first-order chi connectivity index (χ1) is 8.52. The Morgan fingerprint density at radius 2 is 2.06 bits per heavy atom. The average Bonchev–Trinajstić information content (AvgIpc) is 2.33. The van der Waals surface area contributed by atoms with E-state index in [0.29, 0.717) is 12.5 Å². The summed E-state index contributed by atoms with van der Waals surface area (Å²) in [5.41, 5.74) is 3.51. The van der Waals surface area contributed by atoms with Gasteiger partial charge >= 0.3 is 0 Å². The first-order valence-corrected chi connectivity index (χ1v) is 6.94. The molecule has 0 heterocycles. The highest BCUT2D eigenvalue weighted by molar-refractivity contribution is 6.31. The third-order valence-electron chi connectivity index (χ3n) is 3.22. The standard InChI is InChI=1S/C16H23ClO/c1-6-8-9-11(3)15-13(5)14(17)10-12(4)16(15)18-7-2/h6,8,10-11H,7,9H2,1-5H3/b8-6-. The molecule has 1 nitrogen and oxygen atoms in total. The fourth-order valence-corrected chi connectivity index (χ4v) is 2.53. The van der Waals surface area contributed by atoms with Crippen LogP contribution in [-0.2, 0) is 0 Å². The lowest BCUT2D eigenvalue weighted by molar-refractivity contribution is 0.332. The Balaban J connectivity index is 3.28. The van der Waals surface area contributed by atoms with E-state index in [4.69, 9.17) is 16.3 Å². The molecule has 100 valence electrons. The van der Waals surface area contributed by atoms with Crippen LogP contribution < -0.4 is 4.74 Å². The minimum Gasteiger partial charge on any atom is -0.493 e. The van der Waals surface area contributed by atoms with E-state index in [0.717, 1.165) is 28.3 Å². The Labute approximate surface area is 116 Å². The van der Waals surface area contributed by atoms with Gasteiger partial charge in [-0.2, -0.15) is 0 Å². The summed E-state index contributed by atoms with van der Waals surface area (Å²) in [7, 11) is 0. The van der Waals surface area contributed by atoms with Crippen molar-refractivity contribution in [2.75, 3.05) is 6.61 Å². The summed E-state index contributed by atoms with van der Waals surface area (Å²) in [6.45, 7) is 11.1. The SMILES string of the molecule is C/C=C\CC(C)c1c(C)c(Cl)cc(C)c1OCC. The molecule has 1 rings (SSSR count). The second-order valence-corrected chi connectivity index (χ2v) is 5.09. The van der Waals surface area contributed by atoms with Crippen LogP contribution in [0.3, 0.4) is 0 Å². The maximum atomic E-state index is 6.30. The van der Waals surface area contributed by atoms with Gasteiger partial charge in [-0.1, -0.05) is 30.7 Å². The number of ether oxygens (including phenoxy) is 1. The largest absolute Gasteiger partial charge is 0.493 e. The molecular formula is C16H23ClO. The van der Waals surface area contributed by atoms with Gasteiger partial charge in [-0.05, 0) is 57.2 Å². The Hall–Kier alpha value is -0.950. The second-order valence-electron chi connectivity index (χ2n) is 4.68. The summed E-state index contributed by atoms with van der Waals surface area (Å²) in [6, 6.07) is 1.99. The molecule has 2 heteroatoms. The topological polar surface area (TPSA) is 9.23 Å². The van der Waals surface area contributed by atoms with Crippen molar-refractivity contribution in [3.63, 3.8) is 0 Å². The molecule has 0 aromatic heterocycles. The van der Waals surface area contributed by atoms with E-state index in [-0.39, 0.29) is 0 Å². The van der Waals surface area contributed by atoms with Crippen LogP contribution in [0.5, 0.6) is 5.75 Å². The number of halogens is 1.